The Morgan fingerprint density at radius 1 is 0.885 bits per heavy atom. The molecule has 0 bridgehead atoms. The number of H-pyrrole nitrogens is 1. The molecular weight excluding hydrogens is 705 g/mol. The van der Waals surface area contributed by atoms with Gasteiger partial charge in [-0.3, -0.25) is 19.2 Å². The lowest BCUT2D eigenvalue weighted by molar-refractivity contribution is -0.164. The van der Waals surface area contributed by atoms with Gasteiger partial charge in [-0.05, 0) is 36.1 Å². The number of piperazine rings is 1. The quantitative estimate of drug-likeness (QED) is 0.152. The Bertz CT molecular complexity index is 2020. The van der Waals surface area contributed by atoms with Crippen molar-refractivity contribution in [2.45, 2.75) is 37.3 Å². The van der Waals surface area contributed by atoms with E-state index < -0.39 is 42.1 Å². The molecular formula is C37H39ClN7O6P. The van der Waals surface area contributed by atoms with E-state index >= 15 is 0 Å². The summed E-state index contributed by atoms with van der Waals surface area (Å²) in [6, 6.07) is 31.8. The molecule has 52 heavy (non-hydrogen) atoms. The Kier molecular flexibility index (Phi) is 10.5. The first-order valence-electron chi connectivity index (χ1n) is 17.0. The molecule has 0 spiro atoms. The first-order valence-corrected chi connectivity index (χ1v) is 19.5. The van der Waals surface area contributed by atoms with E-state index in [9.17, 15) is 19.0 Å². The zero-order valence-corrected chi connectivity index (χ0v) is 30.1. The van der Waals surface area contributed by atoms with Crippen molar-refractivity contribution in [1.82, 2.24) is 29.5 Å². The average Bonchev–Trinajstić information content (AvgIpc) is 3.15. The largest absolute Gasteiger partial charge is 0.438 e. The van der Waals surface area contributed by atoms with Crippen LogP contribution in [0.1, 0.15) is 34.9 Å². The molecule has 2 aliphatic rings. The molecule has 15 heteroatoms. The molecule has 270 valence electrons. The number of aryl methyl sites for hydroxylation is 1. The third-order valence-corrected chi connectivity index (χ3v) is 10.3. The molecule has 0 aliphatic carbocycles. The molecule has 2 N–H and O–H groups in total. The predicted octanol–water partition coefficient (Wildman–Crippen LogP) is 4.68. The van der Waals surface area contributed by atoms with Gasteiger partial charge in [0.1, 0.15) is 0 Å². The Hall–Kier alpha value is -4.46. The minimum atomic E-state index is -4.43. The molecule has 2 fully saturated rings. The van der Waals surface area contributed by atoms with Crippen molar-refractivity contribution < 1.29 is 18.8 Å². The van der Waals surface area contributed by atoms with Gasteiger partial charge in [-0.2, -0.15) is 5.06 Å². The number of benzene rings is 3. The van der Waals surface area contributed by atoms with Crippen molar-refractivity contribution in [2.75, 3.05) is 37.6 Å². The van der Waals surface area contributed by atoms with Gasteiger partial charge < -0.3 is 14.5 Å². The van der Waals surface area contributed by atoms with Gasteiger partial charge in [0.2, 0.25) is 5.95 Å². The van der Waals surface area contributed by atoms with Crippen LogP contribution >= 0.6 is 18.2 Å². The van der Waals surface area contributed by atoms with Crippen LogP contribution < -0.4 is 16.1 Å². The van der Waals surface area contributed by atoms with E-state index in [1.165, 1.54) is 15.8 Å². The summed E-state index contributed by atoms with van der Waals surface area (Å²) in [4.78, 5) is 51.6. The second-order valence-corrected chi connectivity index (χ2v) is 15.3. The number of aromatic amines is 1. The fourth-order valence-electron chi connectivity index (χ4n) is 7.47. The van der Waals surface area contributed by atoms with Gasteiger partial charge in [0.05, 0.1) is 17.7 Å². The summed E-state index contributed by atoms with van der Waals surface area (Å²) in [6.45, 7) is -1.14. The average molecular weight is 744 g/mol. The van der Waals surface area contributed by atoms with Gasteiger partial charge in [0.25, 0.3) is 5.56 Å². The Morgan fingerprint density at radius 2 is 1.46 bits per heavy atom. The van der Waals surface area contributed by atoms with Crippen LogP contribution in [0, 0.1) is 6.92 Å². The standard InChI is InChI=1S/C37H39ClN7O6P/c1-27-23-44(36(47)41-34(27)46)33-26-43(37(28-12-5-2-6-13-28,29-14-7-3-8-15-29)30-16-9-4-10-17-30)25-32(50-33)22-31-24-42(35-39-18-11-19-40-35)20-21-45(31)51-52(38,48)49/h2-19,23,31-33H,20-22,24-26H2,1H3,(H,48,49)(H,41,46,47). The summed E-state index contributed by atoms with van der Waals surface area (Å²) < 4.78 is 26.1. The van der Waals surface area contributed by atoms with E-state index in [4.69, 9.17) is 20.6 Å². The lowest BCUT2D eigenvalue weighted by atomic mass is 9.75. The highest BCUT2D eigenvalue weighted by molar-refractivity contribution is 7.80. The third kappa shape index (κ3) is 7.53. The highest BCUT2D eigenvalue weighted by atomic mass is 35.7. The summed E-state index contributed by atoms with van der Waals surface area (Å²) in [5.74, 6) is 0.515. The maximum absolute atomic E-state index is 13.4. The van der Waals surface area contributed by atoms with E-state index in [2.05, 4.69) is 56.3 Å². The highest BCUT2D eigenvalue weighted by Crippen LogP contribution is 2.50. The zero-order valence-electron chi connectivity index (χ0n) is 28.4. The van der Waals surface area contributed by atoms with Crippen LogP contribution in [0.25, 0.3) is 0 Å². The molecule has 13 nitrogen and oxygen atoms in total. The van der Waals surface area contributed by atoms with E-state index in [1.807, 2.05) is 59.5 Å². The van der Waals surface area contributed by atoms with E-state index in [1.54, 1.807) is 25.4 Å². The lowest BCUT2D eigenvalue weighted by Gasteiger charge is -2.51. The first kappa shape index (κ1) is 35.9. The summed E-state index contributed by atoms with van der Waals surface area (Å²) in [6.07, 6.45) is 3.76. The van der Waals surface area contributed by atoms with Crippen LogP contribution in [0.3, 0.4) is 0 Å². The Labute approximate surface area is 305 Å². The second kappa shape index (κ2) is 15.3. The summed E-state index contributed by atoms with van der Waals surface area (Å²) >= 11 is 5.77. The normalized spacial score (nSPS) is 21.4. The number of anilines is 1. The molecule has 4 atom stereocenters. The van der Waals surface area contributed by atoms with Crippen molar-refractivity contribution in [3.8, 4) is 0 Å². The minimum absolute atomic E-state index is 0.237. The molecule has 0 saturated carbocycles. The van der Waals surface area contributed by atoms with Gasteiger partial charge in [-0.1, -0.05) is 91.0 Å². The molecule has 4 heterocycles. The molecule has 0 amide bonds. The van der Waals surface area contributed by atoms with E-state index in [-0.39, 0.29) is 13.1 Å². The topological polar surface area (TPSA) is 146 Å². The number of halogens is 1. The molecule has 4 unspecified atom stereocenters. The van der Waals surface area contributed by atoms with Crippen molar-refractivity contribution in [3.05, 3.63) is 159 Å². The maximum atomic E-state index is 13.4. The van der Waals surface area contributed by atoms with Crippen molar-refractivity contribution in [3.63, 3.8) is 0 Å². The Balaban J connectivity index is 1.36. The highest BCUT2D eigenvalue weighted by Gasteiger charge is 2.47. The van der Waals surface area contributed by atoms with Crippen LogP contribution in [0.2, 0.25) is 0 Å². The number of morpholine rings is 1. The maximum Gasteiger partial charge on any atom is 0.438 e. The zero-order chi connectivity index (χ0) is 36.3. The fraction of sp³-hybridized carbons (Fsp3) is 0.297. The number of hydrogen-bond acceptors (Lipinski definition) is 10. The summed E-state index contributed by atoms with van der Waals surface area (Å²) in [5, 5.41) is 1.44. The van der Waals surface area contributed by atoms with Crippen LogP contribution in [0.5, 0.6) is 0 Å². The summed E-state index contributed by atoms with van der Waals surface area (Å²) in [7, 11) is 0. The number of rotatable bonds is 10. The molecule has 3 aromatic carbocycles. The number of hydroxylamine groups is 2. The summed E-state index contributed by atoms with van der Waals surface area (Å²) in [5.41, 5.74) is 1.48. The van der Waals surface area contributed by atoms with Crippen LogP contribution in [-0.2, 0) is 19.5 Å². The van der Waals surface area contributed by atoms with Gasteiger partial charge in [-0.15, -0.1) is 0 Å². The fourth-order valence-corrected chi connectivity index (χ4v) is 8.18. The SMILES string of the molecule is Cc1cn(C2CN(C(c3ccccc3)(c3ccccc3)c3ccccc3)CC(CC3CN(c4ncccn4)CCN3OP(=O)(O)Cl)O2)c(=O)[nH]c1=O. The van der Waals surface area contributed by atoms with Gasteiger partial charge in [0.15, 0.2) is 6.23 Å². The molecule has 2 saturated heterocycles. The van der Waals surface area contributed by atoms with Crippen LogP contribution in [0.15, 0.2) is 125 Å². The number of nitrogens with zero attached hydrogens (tertiary/aromatic N) is 6. The molecule has 0 radical (unpaired) electrons. The van der Waals surface area contributed by atoms with Gasteiger partial charge in [0, 0.05) is 68.1 Å². The van der Waals surface area contributed by atoms with E-state index in [0.717, 1.165) is 16.7 Å². The smallest absolute Gasteiger partial charge is 0.352 e. The lowest BCUT2D eigenvalue weighted by Crippen LogP contribution is -2.60. The van der Waals surface area contributed by atoms with Gasteiger partial charge in [-0.25, -0.2) is 24.0 Å². The number of hydrogen-bond donors (Lipinski definition) is 2. The Morgan fingerprint density at radius 3 is 2.02 bits per heavy atom. The van der Waals surface area contributed by atoms with Crippen molar-refractivity contribution in [2.24, 2.45) is 0 Å². The van der Waals surface area contributed by atoms with Gasteiger partial charge >= 0.3 is 12.6 Å². The van der Waals surface area contributed by atoms with Crippen LogP contribution in [-0.4, -0.2) is 79.2 Å². The monoisotopic (exact) mass is 743 g/mol. The second-order valence-electron chi connectivity index (χ2n) is 13.0. The molecule has 7 rings (SSSR count). The minimum Gasteiger partial charge on any atom is -0.352 e. The third-order valence-electron chi connectivity index (χ3n) is 9.66. The first-order chi connectivity index (χ1) is 25.1. The van der Waals surface area contributed by atoms with Crippen molar-refractivity contribution >= 4 is 24.1 Å². The van der Waals surface area contributed by atoms with Crippen molar-refractivity contribution in [1.29, 1.82) is 0 Å². The molecule has 2 aromatic heterocycles. The van der Waals surface area contributed by atoms with E-state index in [0.29, 0.717) is 37.6 Å². The predicted molar refractivity (Wildman–Crippen MR) is 197 cm³/mol. The number of ether oxygens (including phenoxy) is 1. The molecule has 2 aliphatic heterocycles. The molecule has 5 aromatic rings. The number of aromatic nitrogens is 4. The number of nitrogens with one attached hydrogen (secondary N) is 1. The van der Waals surface area contributed by atoms with Crippen LogP contribution in [0.4, 0.5) is 5.95 Å².